The summed E-state index contributed by atoms with van der Waals surface area (Å²) in [6, 6.07) is 14.6. The van der Waals surface area contributed by atoms with Crippen LogP contribution in [0.2, 0.25) is 0 Å². The van der Waals surface area contributed by atoms with Crippen LogP contribution in [0.15, 0.2) is 48.5 Å². The van der Waals surface area contributed by atoms with E-state index in [-0.39, 0.29) is 48.1 Å². The molecular formula is C31H37ClN6O5. The number of hydrogen-bond donors (Lipinski definition) is 2. The number of nitrogens with zero attached hydrogens (tertiary/aromatic N) is 4. The maximum Gasteiger partial charge on any atom is 0.278 e. The summed E-state index contributed by atoms with van der Waals surface area (Å²) < 4.78 is 6.74. The van der Waals surface area contributed by atoms with Gasteiger partial charge in [0.1, 0.15) is 11.4 Å². The molecule has 3 aromatic rings. The van der Waals surface area contributed by atoms with Crippen molar-refractivity contribution in [2.45, 2.75) is 51.5 Å². The molecule has 1 atom stereocenters. The molecular weight excluding hydrogens is 572 g/mol. The maximum atomic E-state index is 14.0. The van der Waals surface area contributed by atoms with Crippen LogP contribution in [0.3, 0.4) is 0 Å². The predicted molar refractivity (Wildman–Crippen MR) is 166 cm³/mol. The lowest BCUT2D eigenvalue weighted by Gasteiger charge is -2.29. The van der Waals surface area contributed by atoms with Crippen molar-refractivity contribution in [3.05, 3.63) is 65.5 Å². The SMILES string of the molecule is CNC(C)CCC(=O)NC(=O)c1nn(-c2ccc(OC)cc2)c2c1CCN(c1ccc(N3CCCCC3=O)cc1)C2=O.Cl. The van der Waals surface area contributed by atoms with Crippen molar-refractivity contribution in [2.75, 3.05) is 37.0 Å². The fraction of sp³-hybridized carbons (Fsp3) is 0.387. The molecule has 4 amide bonds. The number of rotatable bonds is 9. The van der Waals surface area contributed by atoms with Gasteiger partial charge in [0, 0.05) is 48.9 Å². The lowest BCUT2D eigenvalue weighted by molar-refractivity contribution is -0.120. The van der Waals surface area contributed by atoms with Gasteiger partial charge in [0.05, 0.1) is 12.8 Å². The summed E-state index contributed by atoms with van der Waals surface area (Å²) in [6.07, 6.45) is 3.54. The van der Waals surface area contributed by atoms with Crippen molar-refractivity contribution >= 4 is 47.4 Å². The molecule has 1 fully saturated rings. The number of methoxy groups -OCH3 is 1. The van der Waals surface area contributed by atoms with Crippen LogP contribution in [0.1, 0.15) is 65.6 Å². The van der Waals surface area contributed by atoms with Gasteiger partial charge in [-0.2, -0.15) is 5.10 Å². The van der Waals surface area contributed by atoms with Crippen LogP contribution >= 0.6 is 12.4 Å². The first-order valence-electron chi connectivity index (χ1n) is 14.3. The van der Waals surface area contributed by atoms with E-state index in [4.69, 9.17) is 4.74 Å². The summed E-state index contributed by atoms with van der Waals surface area (Å²) >= 11 is 0. The number of anilines is 2. The number of imide groups is 1. The quantitative estimate of drug-likeness (QED) is 0.380. The first-order valence-corrected chi connectivity index (χ1v) is 14.3. The topological polar surface area (TPSA) is 126 Å². The standard InChI is InChI=1S/C31H36N6O5.ClH/c1-20(32-2)7-16-26(38)33-30(40)28-25-17-19-36(22-10-8-21(9-11-22)35-18-5-4-6-27(35)39)31(41)29(25)37(34-28)23-12-14-24(42-3)15-13-23;/h8-15,20,32H,4-7,16-19H2,1-3H3,(H,33,38,40);1H. The molecule has 43 heavy (non-hydrogen) atoms. The lowest BCUT2D eigenvalue weighted by Crippen LogP contribution is -2.39. The Morgan fingerprint density at radius 2 is 1.58 bits per heavy atom. The molecule has 0 radical (unpaired) electrons. The monoisotopic (exact) mass is 608 g/mol. The van der Waals surface area contributed by atoms with Crippen molar-refractivity contribution in [1.29, 1.82) is 0 Å². The molecule has 2 N–H and O–H groups in total. The van der Waals surface area contributed by atoms with Crippen LogP contribution < -0.4 is 25.2 Å². The summed E-state index contributed by atoms with van der Waals surface area (Å²) in [5.41, 5.74) is 2.89. The average Bonchev–Trinajstić information content (AvgIpc) is 3.41. The van der Waals surface area contributed by atoms with E-state index in [0.29, 0.717) is 55.0 Å². The molecule has 2 aliphatic rings. The molecule has 0 spiro atoms. The van der Waals surface area contributed by atoms with E-state index in [1.54, 1.807) is 41.2 Å². The highest BCUT2D eigenvalue weighted by Gasteiger charge is 2.35. The molecule has 0 saturated carbocycles. The molecule has 3 heterocycles. The Balaban J connectivity index is 0.00000423. The Morgan fingerprint density at radius 1 is 0.930 bits per heavy atom. The van der Waals surface area contributed by atoms with Gasteiger partial charge in [-0.1, -0.05) is 0 Å². The highest BCUT2D eigenvalue weighted by Crippen LogP contribution is 2.31. The second-order valence-electron chi connectivity index (χ2n) is 10.6. The smallest absolute Gasteiger partial charge is 0.278 e. The minimum atomic E-state index is -0.627. The Kier molecular flexibility index (Phi) is 10.2. The van der Waals surface area contributed by atoms with E-state index in [9.17, 15) is 19.2 Å². The van der Waals surface area contributed by atoms with Gasteiger partial charge in [0.15, 0.2) is 5.69 Å². The number of ether oxygens (including phenoxy) is 1. The van der Waals surface area contributed by atoms with Crippen LogP contribution in [-0.4, -0.2) is 66.7 Å². The van der Waals surface area contributed by atoms with Crippen molar-refractivity contribution in [3.8, 4) is 11.4 Å². The third kappa shape index (κ3) is 6.73. The van der Waals surface area contributed by atoms with E-state index in [2.05, 4.69) is 15.7 Å². The minimum absolute atomic E-state index is 0. The second kappa shape index (κ2) is 13.8. The molecule has 11 nitrogen and oxygen atoms in total. The van der Waals surface area contributed by atoms with Crippen LogP contribution in [0, 0.1) is 0 Å². The van der Waals surface area contributed by atoms with Gasteiger partial charge < -0.3 is 19.9 Å². The van der Waals surface area contributed by atoms with Crippen molar-refractivity contribution in [1.82, 2.24) is 20.4 Å². The molecule has 1 saturated heterocycles. The van der Waals surface area contributed by atoms with Crippen molar-refractivity contribution < 1.29 is 23.9 Å². The van der Waals surface area contributed by atoms with Gasteiger partial charge in [-0.05, 0) is 88.2 Å². The highest BCUT2D eigenvalue weighted by molar-refractivity contribution is 6.11. The Hall–Kier alpha value is -4.22. The van der Waals surface area contributed by atoms with Gasteiger partial charge in [-0.25, -0.2) is 4.68 Å². The zero-order chi connectivity index (χ0) is 29.8. The third-order valence-electron chi connectivity index (χ3n) is 7.90. The molecule has 2 aliphatic heterocycles. The Labute approximate surface area is 257 Å². The molecule has 228 valence electrons. The van der Waals surface area contributed by atoms with Gasteiger partial charge in [-0.15, -0.1) is 12.4 Å². The molecule has 0 aliphatic carbocycles. The Morgan fingerprint density at radius 3 is 2.21 bits per heavy atom. The van der Waals surface area contributed by atoms with Crippen LogP contribution in [-0.2, 0) is 16.0 Å². The normalized spacial score (nSPS) is 15.4. The number of halogens is 1. The first kappa shape index (κ1) is 31.7. The van der Waals surface area contributed by atoms with E-state index in [1.165, 1.54) is 4.68 Å². The van der Waals surface area contributed by atoms with E-state index >= 15 is 0 Å². The summed E-state index contributed by atoms with van der Waals surface area (Å²) in [6.45, 7) is 2.98. The molecule has 12 heteroatoms. The number of fused-ring (bicyclic) bond motifs is 1. The van der Waals surface area contributed by atoms with Crippen LogP contribution in [0.25, 0.3) is 5.69 Å². The lowest BCUT2D eigenvalue weighted by atomic mass is 10.0. The number of carbonyl (C=O) groups excluding carboxylic acids is 4. The number of piperidine rings is 1. The number of hydrogen-bond acceptors (Lipinski definition) is 7. The number of nitrogens with one attached hydrogen (secondary N) is 2. The molecule has 2 aromatic carbocycles. The van der Waals surface area contributed by atoms with E-state index < -0.39 is 11.8 Å². The summed E-state index contributed by atoms with van der Waals surface area (Å²) in [4.78, 5) is 55.6. The van der Waals surface area contributed by atoms with Crippen LogP contribution in [0.5, 0.6) is 5.75 Å². The van der Waals surface area contributed by atoms with Crippen molar-refractivity contribution in [3.63, 3.8) is 0 Å². The molecule has 1 unspecified atom stereocenters. The highest BCUT2D eigenvalue weighted by atomic mass is 35.5. The largest absolute Gasteiger partial charge is 0.497 e. The molecule has 5 rings (SSSR count). The maximum absolute atomic E-state index is 14.0. The summed E-state index contributed by atoms with van der Waals surface area (Å²) in [5.74, 6) is -0.589. The molecule has 0 bridgehead atoms. The van der Waals surface area contributed by atoms with Crippen molar-refractivity contribution in [2.24, 2.45) is 0 Å². The number of benzene rings is 2. The third-order valence-corrected chi connectivity index (χ3v) is 7.90. The zero-order valence-electron chi connectivity index (χ0n) is 24.6. The summed E-state index contributed by atoms with van der Waals surface area (Å²) in [7, 11) is 3.38. The number of carbonyl (C=O) groups is 4. The van der Waals surface area contributed by atoms with Gasteiger partial charge in [0.25, 0.3) is 11.8 Å². The number of aromatic nitrogens is 2. The fourth-order valence-corrected chi connectivity index (χ4v) is 5.33. The minimum Gasteiger partial charge on any atom is -0.497 e. The van der Waals surface area contributed by atoms with Gasteiger partial charge in [0.2, 0.25) is 11.8 Å². The average molecular weight is 609 g/mol. The van der Waals surface area contributed by atoms with Gasteiger partial charge in [-0.3, -0.25) is 24.5 Å². The fourth-order valence-electron chi connectivity index (χ4n) is 5.33. The van der Waals surface area contributed by atoms with Gasteiger partial charge >= 0.3 is 0 Å². The zero-order valence-corrected chi connectivity index (χ0v) is 25.4. The number of amides is 4. The van der Waals surface area contributed by atoms with E-state index in [0.717, 1.165) is 18.5 Å². The summed E-state index contributed by atoms with van der Waals surface area (Å²) in [5, 5.41) is 10.1. The second-order valence-corrected chi connectivity index (χ2v) is 10.6. The van der Waals surface area contributed by atoms with E-state index in [1.807, 2.05) is 38.2 Å². The first-order chi connectivity index (χ1) is 20.3. The van der Waals surface area contributed by atoms with Crippen LogP contribution in [0.4, 0.5) is 11.4 Å². The predicted octanol–water partition coefficient (Wildman–Crippen LogP) is 3.67. The Bertz CT molecular complexity index is 1490. The molecule has 1 aromatic heterocycles.